The van der Waals surface area contributed by atoms with Crippen molar-refractivity contribution in [2.45, 2.75) is 45.6 Å². The van der Waals surface area contributed by atoms with Gasteiger partial charge in [0.2, 0.25) is 0 Å². The Kier molecular flexibility index (Phi) is 5.33. The second-order valence-electron chi connectivity index (χ2n) is 4.88. The molecule has 0 aliphatic carbocycles. The van der Waals surface area contributed by atoms with Crippen LogP contribution in [0.4, 0.5) is 0 Å². The zero-order valence-corrected chi connectivity index (χ0v) is 12.2. The third kappa shape index (κ3) is 4.63. The average Bonchev–Trinajstić information content (AvgIpc) is 3.04. The number of imidazole rings is 1. The molecule has 0 saturated carbocycles. The highest BCUT2D eigenvalue weighted by molar-refractivity contribution is 7.12. The minimum absolute atomic E-state index is 0.299. The molecule has 2 rings (SSSR count). The van der Waals surface area contributed by atoms with E-state index < -0.39 is 0 Å². The van der Waals surface area contributed by atoms with Gasteiger partial charge in [-0.2, -0.15) is 0 Å². The molecule has 2 aromatic heterocycles. The molecule has 0 radical (unpaired) electrons. The predicted molar refractivity (Wildman–Crippen MR) is 78.7 cm³/mol. The fourth-order valence-electron chi connectivity index (χ4n) is 2.05. The monoisotopic (exact) mass is 276 g/mol. The van der Waals surface area contributed by atoms with E-state index in [2.05, 4.69) is 9.55 Å². The second kappa shape index (κ2) is 7.24. The maximum atomic E-state index is 11.9. The fraction of sp³-hybridized carbons (Fsp3) is 0.467. The van der Waals surface area contributed by atoms with Crippen molar-refractivity contribution in [3.63, 3.8) is 0 Å². The lowest BCUT2D eigenvalue weighted by Crippen LogP contribution is -1.97. The zero-order valence-electron chi connectivity index (χ0n) is 11.3. The van der Waals surface area contributed by atoms with Crippen LogP contribution in [0, 0.1) is 6.92 Å². The Morgan fingerprint density at radius 1 is 1.32 bits per heavy atom. The Labute approximate surface area is 118 Å². The summed E-state index contributed by atoms with van der Waals surface area (Å²) in [5.74, 6) is 0.299. The standard InChI is InChI=1S/C15H20N2OS/c1-13-10-15(19-11-13)14(18)6-4-2-3-5-8-17-9-7-16-12-17/h7,9-12H,2-6,8H2,1H3. The first-order chi connectivity index (χ1) is 9.25. The van der Waals surface area contributed by atoms with Crippen LogP contribution in [0.3, 0.4) is 0 Å². The maximum absolute atomic E-state index is 11.9. The number of aromatic nitrogens is 2. The van der Waals surface area contributed by atoms with Gasteiger partial charge in [0, 0.05) is 25.4 Å². The number of ketones is 1. The normalized spacial score (nSPS) is 10.8. The summed E-state index contributed by atoms with van der Waals surface area (Å²) in [6.07, 6.45) is 10.8. The number of hydrogen-bond acceptors (Lipinski definition) is 3. The second-order valence-corrected chi connectivity index (χ2v) is 5.79. The molecule has 0 N–H and O–H groups in total. The van der Waals surface area contributed by atoms with Crippen LogP contribution in [0.15, 0.2) is 30.2 Å². The maximum Gasteiger partial charge on any atom is 0.172 e. The summed E-state index contributed by atoms with van der Waals surface area (Å²) in [6, 6.07) is 1.99. The van der Waals surface area contributed by atoms with Crippen molar-refractivity contribution >= 4 is 17.1 Å². The van der Waals surface area contributed by atoms with E-state index >= 15 is 0 Å². The smallest absolute Gasteiger partial charge is 0.172 e. The topological polar surface area (TPSA) is 34.9 Å². The van der Waals surface area contributed by atoms with Gasteiger partial charge in [-0.25, -0.2) is 4.98 Å². The number of carbonyl (C=O) groups is 1. The first-order valence-electron chi connectivity index (χ1n) is 6.80. The van der Waals surface area contributed by atoms with E-state index in [4.69, 9.17) is 0 Å². The molecule has 0 spiro atoms. The van der Waals surface area contributed by atoms with Gasteiger partial charge in [0.1, 0.15) is 0 Å². The molecule has 0 aliphatic heterocycles. The molecule has 0 unspecified atom stereocenters. The first-order valence-corrected chi connectivity index (χ1v) is 7.68. The zero-order chi connectivity index (χ0) is 13.5. The Bertz CT molecular complexity index is 502. The molecular formula is C15H20N2OS. The number of thiophene rings is 1. The van der Waals surface area contributed by atoms with E-state index in [1.165, 1.54) is 12.0 Å². The highest BCUT2D eigenvalue weighted by atomic mass is 32.1. The molecule has 2 heterocycles. The van der Waals surface area contributed by atoms with Crippen molar-refractivity contribution in [1.29, 1.82) is 0 Å². The number of Topliss-reactive ketones (excluding diaryl/α,β-unsaturated/α-hetero) is 1. The Morgan fingerprint density at radius 3 is 2.84 bits per heavy atom. The minimum atomic E-state index is 0.299. The third-order valence-corrected chi connectivity index (χ3v) is 4.22. The summed E-state index contributed by atoms with van der Waals surface area (Å²) in [4.78, 5) is 16.8. The van der Waals surface area contributed by atoms with Gasteiger partial charge in [0.25, 0.3) is 0 Å². The van der Waals surface area contributed by atoms with Gasteiger partial charge < -0.3 is 4.57 Å². The minimum Gasteiger partial charge on any atom is -0.337 e. The number of unbranched alkanes of at least 4 members (excludes halogenated alkanes) is 3. The molecule has 0 atom stereocenters. The van der Waals surface area contributed by atoms with E-state index in [1.54, 1.807) is 11.3 Å². The van der Waals surface area contributed by atoms with Crippen molar-refractivity contribution < 1.29 is 4.79 Å². The van der Waals surface area contributed by atoms with Crippen LogP contribution in [0.1, 0.15) is 47.3 Å². The molecular weight excluding hydrogens is 256 g/mol. The number of hydrogen-bond donors (Lipinski definition) is 0. The van der Waals surface area contributed by atoms with Gasteiger partial charge in [0.05, 0.1) is 11.2 Å². The van der Waals surface area contributed by atoms with Gasteiger partial charge in [-0.1, -0.05) is 12.8 Å². The van der Waals surface area contributed by atoms with Crippen LogP contribution in [-0.2, 0) is 6.54 Å². The first kappa shape index (κ1) is 14.0. The van der Waals surface area contributed by atoms with E-state index in [-0.39, 0.29) is 0 Å². The van der Waals surface area contributed by atoms with Gasteiger partial charge in [-0.05, 0) is 36.8 Å². The van der Waals surface area contributed by atoms with Crippen molar-refractivity contribution in [1.82, 2.24) is 9.55 Å². The van der Waals surface area contributed by atoms with E-state index in [0.717, 1.165) is 30.7 Å². The molecule has 102 valence electrons. The Morgan fingerprint density at radius 2 is 2.16 bits per heavy atom. The number of carbonyl (C=O) groups excluding carboxylic acids is 1. The van der Waals surface area contributed by atoms with Crippen LogP contribution < -0.4 is 0 Å². The van der Waals surface area contributed by atoms with Crippen LogP contribution in [-0.4, -0.2) is 15.3 Å². The summed E-state index contributed by atoms with van der Waals surface area (Å²) in [5, 5.41) is 2.04. The largest absolute Gasteiger partial charge is 0.337 e. The van der Waals surface area contributed by atoms with Crippen molar-refractivity contribution in [3.05, 3.63) is 40.6 Å². The summed E-state index contributed by atoms with van der Waals surface area (Å²) < 4.78 is 2.10. The SMILES string of the molecule is Cc1csc(C(=O)CCCCCCn2ccnc2)c1. The summed E-state index contributed by atoms with van der Waals surface area (Å²) in [5.41, 5.74) is 1.19. The van der Waals surface area contributed by atoms with Gasteiger partial charge in [0.15, 0.2) is 5.78 Å². The number of nitrogens with zero attached hydrogens (tertiary/aromatic N) is 2. The lowest BCUT2D eigenvalue weighted by molar-refractivity contribution is 0.0983. The molecule has 0 saturated heterocycles. The molecule has 4 heteroatoms. The van der Waals surface area contributed by atoms with E-state index in [9.17, 15) is 4.79 Å². The quantitative estimate of drug-likeness (QED) is 0.537. The number of aryl methyl sites for hydroxylation is 2. The molecule has 0 aliphatic rings. The van der Waals surface area contributed by atoms with Crippen LogP contribution in [0.5, 0.6) is 0 Å². The van der Waals surface area contributed by atoms with Crippen LogP contribution in [0.2, 0.25) is 0 Å². The predicted octanol–water partition coefficient (Wildman–Crippen LogP) is 4.09. The Hall–Kier alpha value is -1.42. The third-order valence-electron chi connectivity index (χ3n) is 3.13. The highest BCUT2D eigenvalue weighted by Crippen LogP contribution is 2.17. The van der Waals surface area contributed by atoms with E-state index in [0.29, 0.717) is 12.2 Å². The molecule has 19 heavy (non-hydrogen) atoms. The van der Waals surface area contributed by atoms with E-state index in [1.807, 2.05) is 37.1 Å². The van der Waals surface area contributed by atoms with Crippen molar-refractivity contribution in [2.24, 2.45) is 0 Å². The van der Waals surface area contributed by atoms with Gasteiger partial charge >= 0.3 is 0 Å². The number of rotatable bonds is 8. The summed E-state index contributed by atoms with van der Waals surface area (Å²) in [7, 11) is 0. The summed E-state index contributed by atoms with van der Waals surface area (Å²) >= 11 is 1.56. The molecule has 0 bridgehead atoms. The average molecular weight is 276 g/mol. The molecule has 3 nitrogen and oxygen atoms in total. The highest BCUT2D eigenvalue weighted by Gasteiger charge is 2.07. The molecule has 2 aromatic rings. The molecule has 0 aromatic carbocycles. The van der Waals surface area contributed by atoms with Crippen molar-refractivity contribution in [2.75, 3.05) is 0 Å². The van der Waals surface area contributed by atoms with Crippen LogP contribution >= 0.6 is 11.3 Å². The van der Waals surface area contributed by atoms with Crippen molar-refractivity contribution in [3.8, 4) is 0 Å². The Balaban J connectivity index is 1.55. The fourth-order valence-corrected chi connectivity index (χ4v) is 2.92. The molecule has 0 amide bonds. The van der Waals surface area contributed by atoms with Gasteiger partial charge in [-0.3, -0.25) is 4.79 Å². The molecule has 0 fully saturated rings. The lowest BCUT2D eigenvalue weighted by Gasteiger charge is -2.02. The lowest BCUT2D eigenvalue weighted by atomic mass is 10.1. The van der Waals surface area contributed by atoms with Gasteiger partial charge in [-0.15, -0.1) is 11.3 Å². The summed E-state index contributed by atoms with van der Waals surface area (Å²) in [6.45, 7) is 3.06. The van der Waals surface area contributed by atoms with Crippen LogP contribution in [0.25, 0.3) is 0 Å².